The second-order valence-electron chi connectivity index (χ2n) is 12.8. The van der Waals surface area contributed by atoms with Crippen LogP contribution in [0.25, 0.3) is 11.1 Å². The van der Waals surface area contributed by atoms with E-state index >= 15 is 0 Å². The third kappa shape index (κ3) is 5.58. The molecule has 3 unspecified atom stereocenters. The average molecular weight is 562 g/mol. The van der Waals surface area contributed by atoms with Crippen molar-refractivity contribution in [3.63, 3.8) is 0 Å². The largest absolute Gasteiger partial charge is 0.479 e. The molecule has 1 aliphatic heterocycles. The first kappa shape index (κ1) is 29.2. The quantitative estimate of drug-likeness (QED) is 0.250. The molecule has 1 N–H and O–H groups in total. The summed E-state index contributed by atoms with van der Waals surface area (Å²) in [6, 6.07) is 25.2. The van der Waals surface area contributed by atoms with E-state index in [1.807, 2.05) is 86.6 Å². The summed E-state index contributed by atoms with van der Waals surface area (Å²) >= 11 is 0. The van der Waals surface area contributed by atoms with E-state index in [2.05, 4.69) is 36.8 Å². The van der Waals surface area contributed by atoms with Gasteiger partial charge in [0.1, 0.15) is 5.54 Å². The van der Waals surface area contributed by atoms with Crippen LogP contribution in [0, 0.1) is 5.92 Å². The zero-order valence-corrected chi connectivity index (χ0v) is 25.0. The van der Waals surface area contributed by atoms with Gasteiger partial charge >= 0.3 is 5.97 Å². The van der Waals surface area contributed by atoms with E-state index in [0.717, 1.165) is 22.3 Å². The van der Waals surface area contributed by atoms with Crippen LogP contribution in [0.5, 0.6) is 0 Å². The van der Waals surface area contributed by atoms with E-state index in [0.29, 0.717) is 17.7 Å². The Morgan fingerprint density at radius 1 is 0.952 bits per heavy atom. The zero-order valence-electron chi connectivity index (χ0n) is 25.0. The fraction of sp³-hybridized carbons (Fsp3) is 0.333. The molecule has 216 valence electrons. The number of carboxylic acid groups (broad SMARTS) is 1. The number of hydrogen-bond acceptors (Lipinski definition) is 4. The highest BCUT2D eigenvalue weighted by Crippen LogP contribution is 2.54. The fourth-order valence-corrected chi connectivity index (χ4v) is 6.41. The number of carbonyl (C=O) groups excluding carboxylic acids is 1. The Morgan fingerprint density at radius 3 is 2.24 bits per heavy atom. The van der Waals surface area contributed by atoms with Gasteiger partial charge in [-0.15, -0.1) is 0 Å². The Hall–Kier alpha value is -4.32. The molecule has 0 spiro atoms. The Kier molecular flexibility index (Phi) is 8.00. The third-order valence-electron chi connectivity index (χ3n) is 8.34. The maximum atomic E-state index is 14.7. The second-order valence-corrected chi connectivity index (χ2v) is 12.8. The molecule has 42 heavy (non-hydrogen) atoms. The normalized spacial score (nSPS) is 20.6. The topological polar surface area (TPSA) is 83.4 Å². The summed E-state index contributed by atoms with van der Waals surface area (Å²) in [5.41, 5.74) is 3.69. The lowest BCUT2D eigenvalue weighted by Gasteiger charge is -2.39. The van der Waals surface area contributed by atoms with Crippen molar-refractivity contribution in [3.8, 4) is 11.1 Å². The van der Waals surface area contributed by atoms with E-state index in [1.54, 1.807) is 23.5 Å². The maximum Gasteiger partial charge on any atom is 0.329 e. The first-order chi connectivity index (χ1) is 20.0. The van der Waals surface area contributed by atoms with Crippen LogP contribution in [-0.4, -0.2) is 37.4 Å². The molecular formula is C36H39N3O3. The van der Waals surface area contributed by atoms with Crippen molar-refractivity contribution in [2.75, 3.05) is 0 Å². The Labute approximate surface area is 248 Å². The Bertz CT molecular complexity index is 1550. The van der Waals surface area contributed by atoms with E-state index in [1.165, 1.54) is 0 Å². The van der Waals surface area contributed by atoms with Gasteiger partial charge in [-0.05, 0) is 64.6 Å². The molecule has 4 aromatic rings. The molecule has 0 radical (unpaired) electrons. The lowest BCUT2D eigenvalue weighted by atomic mass is 9.82. The average Bonchev–Trinajstić information content (AvgIpc) is 3.33. The molecule has 6 heteroatoms. The summed E-state index contributed by atoms with van der Waals surface area (Å²) in [7, 11) is 0. The molecule has 3 aromatic carbocycles. The van der Waals surface area contributed by atoms with Crippen LogP contribution < -0.4 is 0 Å². The van der Waals surface area contributed by atoms with Crippen LogP contribution in [-0.2, 0) is 10.2 Å². The molecular weight excluding hydrogens is 522 g/mol. The highest BCUT2D eigenvalue weighted by molar-refractivity contribution is 5.99. The van der Waals surface area contributed by atoms with Crippen molar-refractivity contribution in [2.45, 2.75) is 70.4 Å². The monoisotopic (exact) mass is 561 g/mol. The Balaban J connectivity index is 1.72. The van der Waals surface area contributed by atoms with E-state index in [4.69, 9.17) is 0 Å². The van der Waals surface area contributed by atoms with Gasteiger partial charge in [-0.1, -0.05) is 95.3 Å². The van der Waals surface area contributed by atoms with Crippen molar-refractivity contribution in [2.24, 2.45) is 5.92 Å². The summed E-state index contributed by atoms with van der Waals surface area (Å²) in [4.78, 5) is 38.7. The summed E-state index contributed by atoms with van der Waals surface area (Å²) < 4.78 is 0. The van der Waals surface area contributed by atoms with Gasteiger partial charge in [0, 0.05) is 30.1 Å². The zero-order chi connectivity index (χ0) is 30.1. The molecule has 6 nitrogen and oxygen atoms in total. The number of carboxylic acids is 1. The van der Waals surface area contributed by atoms with Crippen LogP contribution in [0.4, 0.5) is 0 Å². The number of amides is 1. The summed E-state index contributed by atoms with van der Waals surface area (Å²) in [5.74, 6) is -1.61. The fourth-order valence-electron chi connectivity index (χ4n) is 6.41. The molecule has 5 rings (SSSR count). The number of aliphatic carboxylic acids is 1. The van der Waals surface area contributed by atoms with Crippen molar-refractivity contribution < 1.29 is 14.7 Å². The number of carbonyl (C=O) groups is 2. The molecule has 0 saturated carbocycles. The van der Waals surface area contributed by atoms with E-state index in [9.17, 15) is 14.7 Å². The number of likely N-dealkylation sites (tertiary alicyclic amines) is 1. The molecule has 3 atom stereocenters. The second kappa shape index (κ2) is 11.5. The van der Waals surface area contributed by atoms with Crippen molar-refractivity contribution in [1.82, 2.24) is 14.9 Å². The predicted octanol–water partition coefficient (Wildman–Crippen LogP) is 7.68. The standard InChI is InChI=1S/C36H39N3O3/c1-24(2)21-36(34(41)42)22-30(31-23-37-18-19-38-31)32(28-13-9-12-27(20-28)25-10-7-6-8-11-25)39(36)33(40)26-14-16-29(17-15-26)35(3,4)5/h6-20,23-24,30,32H,21-22H2,1-5H3,(H,41,42). The van der Waals surface area contributed by atoms with E-state index in [-0.39, 0.29) is 29.6 Å². The lowest BCUT2D eigenvalue weighted by molar-refractivity contribution is -0.150. The number of nitrogens with zero attached hydrogens (tertiary/aromatic N) is 3. The highest BCUT2D eigenvalue weighted by Gasteiger charge is 2.59. The SMILES string of the molecule is CC(C)CC1(C(=O)O)CC(c2cnccn2)C(c2cccc(-c3ccccc3)c2)N1C(=O)c1ccc(C(C)(C)C)cc1. The summed E-state index contributed by atoms with van der Waals surface area (Å²) in [6.07, 6.45) is 5.51. The minimum atomic E-state index is -1.43. The van der Waals surface area contributed by atoms with E-state index < -0.39 is 17.6 Å². The van der Waals surface area contributed by atoms with Gasteiger partial charge in [0.05, 0.1) is 11.7 Å². The van der Waals surface area contributed by atoms with Gasteiger partial charge in [-0.25, -0.2) is 4.79 Å². The molecule has 1 aromatic heterocycles. The number of hydrogen-bond donors (Lipinski definition) is 1. The molecule has 1 saturated heterocycles. The number of benzene rings is 3. The third-order valence-corrected chi connectivity index (χ3v) is 8.34. The summed E-state index contributed by atoms with van der Waals surface area (Å²) in [6.45, 7) is 10.4. The van der Waals surface area contributed by atoms with Gasteiger partial charge in [0.25, 0.3) is 5.91 Å². The van der Waals surface area contributed by atoms with Crippen LogP contribution in [0.2, 0.25) is 0 Å². The highest BCUT2D eigenvalue weighted by atomic mass is 16.4. The van der Waals surface area contributed by atoms with Crippen LogP contribution in [0.1, 0.15) is 86.6 Å². The number of aromatic nitrogens is 2. The van der Waals surface area contributed by atoms with Crippen molar-refractivity contribution in [3.05, 3.63) is 120 Å². The molecule has 1 fully saturated rings. The van der Waals surface area contributed by atoms with Gasteiger partial charge in [-0.3, -0.25) is 14.8 Å². The molecule has 1 amide bonds. The number of rotatable bonds is 7. The maximum absolute atomic E-state index is 14.7. The van der Waals surface area contributed by atoms with Gasteiger partial charge in [0.2, 0.25) is 0 Å². The molecule has 1 aliphatic rings. The first-order valence-corrected chi connectivity index (χ1v) is 14.6. The van der Waals surface area contributed by atoms with Gasteiger partial charge in [0.15, 0.2) is 0 Å². The van der Waals surface area contributed by atoms with Crippen LogP contribution >= 0.6 is 0 Å². The minimum absolute atomic E-state index is 0.0385. The minimum Gasteiger partial charge on any atom is -0.479 e. The Morgan fingerprint density at radius 2 is 1.64 bits per heavy atom. The smallest absolute Gasteiger partial charge is 0.329 e. The molecule has 2 heterocycles. The summed E-state index contributed by atoms with van der Waals surface area (Å²) in [5, 5.41) is 11.0. The molecule has 0 bridgehead atoms. The van der Waals surface area contributed by atoms with Gasteiger partial charge < -0.3 is 10.0 Å². The first-order valence-electron chi connectivity index (χ1n) is 14.6. The van der Waals surface area contributed by atoms with Crippen molar-refractivity contribution in [1.29, 1.82) is 0 Å². The van der Waals surface area contributed by atoms with Crippen LogP contribution in [0.15, 0.2) is 97.5 Å². The predicted molar refractivity (Wildman–Crippen MR) is 165 cm³/mol. The van der Waals surface area contributed by atoms with Crippen molar-refractivity contribution >= 4 is 11.9 Å². The van der Waals surface area contributed by atoms with Gasteiger partial charge in [-0.2, -0.15) is 0 Å². The lowest BCUT2D eigenvalue weighted by Crippen LogP contribution is -2.54. The molecule has 0 aliphatic carbocycles. The van der Waals surface area contributed by atoms with Crippen LogP contribution in [0.3, 0.4) is 0 Å².